The molecule has 1 N–H and O–H groups in total. The summed E-state index contributed by atoms with van der Waals surface area (Å²) in [6, 6.07) is 5.58. The van der Waals surface area contributed by atoms with Gasteiger partial charge in [-0.05, 0) is 37.5 Å². The third kappa shape index (κ3) is 4.68. The maximum absolute atomic E-state index is 12.5. The van der Waals surface area contributed by atoms with Gasteiger partial charge in [-0.2, -0.15) is 0 Å². The summed E-state index contributed by atoms with van der Waals surface area (Å²) < 4.78 is 0. The standard InChI is InChI=1S/C18H23ClN4O/c1-4-8-23(9-5-2)17(24)14-11-20-18(21-12-14)22-16-10-15(19)7-6-13(16)3/h6-7,10-12H,4-5,8-9H2,1-3H3,(H,20,21,22). The van der Waals surface area contributed by atoms with Crippen molar-refractivity contribution in [3.05, 3.63) is 46.7 Å². The lowest BCUT2D eigenvalue weighted by molar-refractivity contribution is 0.0755. The Labute approximate surface area is 148 Å². The van der Waals surface area contributed by atoms with E-state index in [2.05, 4.69) is 29.1 Å². The molecule has 0 unspecified atom stereocenters. The van der Waals surface area contributed by atoms with E-state index in [1.807, 2.05) is 30.0 Å². The van der Waals surface area contributed by atoms with Crippen LogP contribution in [0.5, 0.6) is 0 Å². The van der Waals surface area contributed by atoms with Crippen LogP contribution in [0.1, 0.15) is 42.6 Å². The predicted octanol–water partition coefficient (Wildman–Crippen LogP) is 4.44. The molecule has 0 aliphatic carbocycles. The van der Waals surface area contributed by atoms with Crippen LogP contribution in [0.2, 0.25) is 5.02 Å². The highest BCUT2D eigenvalue weighted by molar-refractivity contribution is 6.30. The number of anilines is 2. The van der Waals surface area contributed by atoms with Gasteiger partial charge < -0.3 is 10.2 Å². The minimum absolute atomic E-state index is 0.0239. The number of nitrogens with zero attached hydrogens (tertiary/aromatic N) is 3. The van der Waals surface area contributed by atoms with Crippen LogP contribution >= 0.6 is 11.6 Å². The molecule has 0 radical (unpaired) electrons. The highest BCUT2D eigenvalue weighted by atomic mass is 35.5. The molecule has 0 atom stereocenters. The quantitative estimate of drug-likeness (QED) is 0.805. The first-order chi connectivity index (χ1) is 11.5. The van der Waals surface area contributed by atoms with Gasteiger partial charge >= 0.3 is 0 Å². The molecule has 0 aliphatic rings. The summed E-state index contributed by atoms with van der Waals surface area (Å²) in [7, 11) is 0. The summed E-state index contributed by atoms with van der Waals surface area (Å²) in [5, 5.41) is 3.77. The lowest BCUT2D eigenvalue weighted by Crippen LogP contribution is -2.32. The zero-order chi connectivity index (χ0) is 17.5. The summed E-state index contributed by atoms with van der Waals surface area (Å²) in [5.74, 6) is 0.415. The van der Waals surface area contributed by atoms with Crippen LogP contribution in [-0.2, 0) is 0 Å². The molecule has 0 bridgehead atoms. The Hall–Kier alpha value is -2.14. The molecule has 1 aromatic heterocycles. The SMILES string of the molecule is CCCN(CCC)C(=O)c1cnc(Nc2cc(Cl)ccc2C)nc1. The summed E-state index contributed by atoms with van der Waals surface area (Å²) >= 11 is 6.01. The molecule has 128 valence electrons. The maximum atomic E-state index is 12.5. The van der Waals surface area contributed by atoms with Gasteiger partial charge in [0.2, 0.25) is 5.95 Å². The number of carbonyl (C=O) groups is 1. The molecular formula is C18H23ClN4O. The van der Waals surface area contributed by atoms with Crippen molar-refractivity contribution in [2.45, 2.75) is 33.6 Å². The molecular weight excluding hydrogens is 324 g/mol. The van der Waals surface area contributed by atoms with Gasteiger partial charge in [-0.3, -0.25) is 4.79 Å². The monoisotopic (exact) mass is 346 g/mol. The van der Waals surface area contributed by atoms with Crippen molar-refractivity contribution in [3.8, 4) is 0 Å². The summed E-state index contributed by atoms with van der Waals surface area (Å²) in [4.78, 5) is 22.9. The van der Waals surface area contributed by atoms with E-state index in [-0.39, 0.29) is 5.91 Å². The van der Waals surface area contributed by atoms with Gasteiger partial charge in [-0.25, -0.2) is 9.97 Å². The van der Waals surface area contributed by atoms with Gasteiger partial charge in [0, 0.05) is 36.2 Å². The average molecular weight is 347 g/mol. The van der Waals surface area contributed by atoms with Crippen molar-refractivity contribution in [1.29, 1.82) is 0 Å². The first-order valence-electron chi connectivity index (χ1n) is 8.19. The molecule has 0 spiro atoms. The van der Waals surface area contributed by atoms with Gasteiger partial charge in [0.05, 0.1) is 5.56 Å². The number of halogens is 1. The third-order valence-electron chi connectivity index (χ3n) is 3.62. The van der Waals surface area contributed by atoms with Gasteiger partial charge in [0.1, 0.15) is 0 Å². The van der Waals surface area contributed by atoms with Crippen LogP contribution in [0.4, 0.5) is 11.6 Å². The van der Waals surface area contributed by atoms with Crippen molar-refractivity contribution in [2.24, 2.45) is 0 Å². The van der Waals surface area contributed by atoms with E-state index in [1.54, 1.807) is 12.4 Å². The summed E-state index contributed by atoms with van der Waals surface area (Å²) in [6.45, 7) is 7.59. The topological polar surface area (TPSA) is 58.1 Å². The van der Waals surface area contributed by atoms with Crippen LogP contribution < -0.4 is 5.32 Å². The van der Waals surface area contributed by atoms with Gasteiger partial charge in [0.15, 0.2) is 0 Å². The van der Waals surface area contributed by atoms with E-state index < -0.39 is 0 Å². The van der Waals surface area contributed by atoms with Crippen LogP contribution in [0, 0.1) is 6.92 Å². The third-order valence-corrected chi connectivity index (χ3v) is 3.85. The fourth-order valence-corrected chi connectivity index (χ4v) is 2.56. The number of amides is 1. The zero-order valence-corrected chi connectivity index (χ0v) is 15.1. The fraction of sp³-hybridized carbons (Fsp3) is 0.389. The average Bonchev–Trinajstić information content (AvgIpc) is 2.58. The Morgan fingerprint density at radius 1 is 1.17 bits per heavy atom. The molecule has 2 rings (SSSR count). The highest BCUT2D eigenvalue weighted by Crippen LogP contribution is 2.22. The maximum Gasteiger partial charge on any atom is 0.256 e. The first-order valence-corrected chi connectivity index (χ1v) is 8.57. The molecule has 2 aromatic rings. The summed E-state index contributed by atoms with van der Waals surface area (Å²) in [6.07, 6.45) is 4.99. The number of hydrogen-bond donors (Lipinski definition) is 1. The van der Waals surface area contributed by atoms with Crippen molar-refractivity contribution in [1.82, 2.24) is 14.9 Å². The normalized spacial score (nSPS) is 10.5. The Morgan fingerprint density at radius 3 is 2.38 bits per heavy atom. The first kappa shape index (κ1) is 18.2. The number of carbonyl (C=O) groups excluding carboxylic acids is 1. The number of nitrogens with one attached hydrogen (secondary N) is 1. The largest absolute Gasteiger partial charge is 0.339 e. The van der Waals surface area contributed by atoms with Crippen LogP contribution in [-0.4, -0.2) is 33.9 Å². The number of hydrogen-bond acceptors (Lipinski definition) is 4. The van der Waals surface area contributed by atoms with E-state index in [0.29, 0.717) is 16.5 Å². The second-order valence-corrected chi connectivity index (χ2v) is 6.11. The second kappa shape index (κ2) is 8.64. The second-order valence-electron chi connectivity index (χ2n) is 5.67. The highest BCUT2D eigenvalue weighted by Gasteiger charge is 2.15. The summed E-state index contributed by atoms with van der Waals surface area (Å²) in [5.41, 5.74) is 2.39. The van der Waals surface area contributed by atoms with Crippen LogP contribution in [0.3, 0.4) is 0 Å². The number of aryl methyl sites for hydroxylation is 1. The Bertz CT molecular complexity index is 682. The van der Waals surface area contributed by atoms with E-state index in [4.69, 9.17) is 11.6 Å². The van der Waals surface area contributed by atoms with Gasteiger partial charge in [0.25, 0.3) is 5.91 Å². The van der Waals surface area contributed by atoms with Crippen molar-refractivity contribution in [2.75, 3.05) is 18.4 Å². The van der Waals surface area contributed by atoms with Crippen LogP contribution in [0.25, 0.3) is 0 Å². The fourth-order valence-electron chi connectivity index (χ4n) is 2.39. The van der Waals surface area contributed by atoms with Crippen molar-refractivity contribution in [3.63, 3.8) is 0 Å². The van der Waals surface area contributed by atoms with Crippen molar-refractivity contribution < 1.29 is 4.79 Å². The van der Waals surface area contributed by atoms with Crippen molar-refractivity contribution >= 4 is 29.1 Å². The van der Waals surface area contributed by atoms with E-state index in [0.717, 1.165) is 37.2 Å². The van der Waals surface area contributed by atoms with E-state index in [1.165, 1.54) is 0 Å². The minimum Gasteiger partial charge on any atom is -0.339 e. The molecule has 0 aliphatic heterocycles. The van der Waals surface area contributed by atoms with Gasteiger partial charge in [-0.15, -0.1) is 0 Å². The predicted molar refractivity (Wildman–Crippen MR) is 98.0 cm³/mol. The molecule has 1 heterocycles. The lowest BCUT2D eigenvalue weighted by Gasteiger charge is -2.21. The molecule has 0 fully saturated rings. The number of aromatic nitrogens is 2. The Balaban J connectivity index is 2.12. The number of rotatable bonds is 7. The smallest absolute Gasteiger partial charge is 0.256 e. The molecule has 0 saturated heterocycles. The lowest BCUT2D eigenvalue weighted by atomic mass is 10.2. The Morgan fingerprint density at radius 2 is 1.79 bits per heavy atom. The van der Waals surface area contributed by atoms with Crippen LogP contribution in [0.15, 0.2) is 30.6 Å². The van der Waals surface area contributed by atoms with Gasteiger partial charge in [-0.1, -0.05) is 31.5 Å². The Kier molecular flexibility index (Phi) is 6.55. The molecule has 5 nitrogen and oxygen atoms in total. The molecule has 1 amide bonds. The number of benzene rings is 1. The van der Waals surface area contributed by atoms with E-state index >= 15 is 0 Å². The zero-order valence-electron chi connectivity index (χ0n) is 14.3. The minimum atomic E-state index is -0.0239. The molecule has 24 heavy (non-hydrogen) atoms. The molecule has 0 saturated carbocycles. The van der Waals surface area contributed by atoms with E-state index in [9.17, 15) is 4.79 Å². The molecule has 6 heteroatoms. The molecule has 1 aromatic carbocycles.